The fraction of sp³-hybridized carbons (Fsp3) is 0.833. The molecule has 2 heteroatoms. The van der Waals surface area contributed by atoms with Gasteiger partial charge in [0.25, 0.3) is 0 Å². The first-order valence-corrected chi connectivity index (χ1v) is 8.23. The normalized spacial score (nSPS) is 13.3. The number of allylic oxidation sites excluding steroid dienone is 1. The Hall–Kier alpha value is -0.630. The molecule has 1 atom stereocenters. The van der Waals surface area contributed by atoms with Crippen molar-refractivity contribution in [2.75, 3.05) is 7.05 Å². The van der Waals surface area contributed by atoms with Gasteiger partial charge in [0.2, 0.25) is 0 Å². The number of nitrogens with one attached hydrogen (secondary N) is 1. The van der Waals surface area contributed by atoms with Crippen LogP contribution in [0.2, 0.25) is 0 Å². The quantitative estimate of drug-likeness (QED) is 0.431. The number of ketones is 1. The Balaban J connectivity index is -0.000000740. The summed E-state index contributed by atoms with van der Waals surface area (Å²) in [5, 5.41) is 3.20. The van der Waals surface area contributed by atoms with Crippen LogP contribution < -0.4 is 5.32 Å². The Kier molecular flexibility index (Phi) is 14.5. The van der Waals surface area contributed by atoms with E-state index in [1.807, 2.05) is 33.9 Å². The van der Waals surface area contributed by atoms with Crippen molar-refractivity contribution in [1.29, 1.82) is 0 Å². The van der Waals surface area contributed by atoms with E-state index in [1.54, 1.807) is 0 Å². The van der Waals surface area contributed by atoms with E-state index in [0.717, 1.165) is 19.3 Å². The highest BCUT2D eigenvalue weighted by molar-refractivity contribution is 5.89. The van der Waals surface area contributed by atoms with Crippen molar-refractivity contribution in [2.24, 2.45) is 5.92 Å². The van der Waals surface area contributed by atoms with Gasteiger partial charge in [0.05, 0.1) is 5.54 Å². The number of likely N-dealkylation sites (N-methyl/N-ethyl adjacent to an activating group) is 1. The summed E-state index contributed by atoms with van der Waals surface area (Å²) in [6, 6.07) is 0. The zero-order valence-corrected chi connectivity index (χ0v) is 14.7. The molecule has 0 aliphatic heterocycles. The van der Waals surface area contributed by atoms with Crippen molar-refractivity contribution in [2.45, 2.75) is 85.1 Å². The minimum Gasteiger partial charge on any atom is -0.308 e. The van der Waals surface area contributed by atoms with Crippen molar-refractivity contribution in [1.82, 2.24) is 5.32 Å². The smallest absolute Gasteiger partial charge is 0.155 e. The van der Waals surface area contributed by atoms with Gasteiger partial charge < -0.3 is 5.32 Å². The number of unbranched alkanes of at least 4 members (excludes halogenated alkanes) is 4. The van der Waals surface area contributed by atoms with Gasteiger partial charge in [-0.2, -0.15) is 0 Å². The molecular formula is C18H39NO. The van der Waals surface area contributed by atoms with Gasteiger partial charge in [0, 0.05) is 7.34 Å². The maximum Gasteiger partial charge on any atom is 0.155 e. The van der Waals surface area contributed by atoms with Crippen LogP contribution in [0.25, 0.3) is 0 Å². The van der Waals surface area contributed by atoms with Crippen LogP contribution in [-0.4, -0.2) is 18.4 Å². The number of carbonyl (C=O) groups excluding carboxylic acids is 1. The first-order chi connectivity index (χ1) is 9.39. The molecule has 0 heterocycles. The number of Topliss-reactive ketones (excluding diaryl/α,β-unsaturated/α-hetero) is 1. The molecule has 0 saturated carbocycles. The van der Waals surface area contributed by atoms with Gasteiger partial charge in [-0.1, -0.05) is 59.5 Å². The van der Waals surface area contributed by atoms with Crippen molar-refractivity contribution in [3.05, 3.63) is 12.7 Å². The van der Waals surface area contributed by atoms with E-state index in [9.17, 15) is 4.79 Å². The monoisotopic (exact) mass is 285 g/mol. The van der Waals surface area contributed by atoms with E-state index in [0.29, 0.717) is 5.78 Å². The maximum atomic E-state index is 12.1. The second kappa shape index (κ2) is 13.4. The summed E-state index contributed by atoms with van der Waals surface area (Å²) in [5.41, 5.74) is -0.341. The largest absolute Gasteiger partial charge is 0.308 e. The predicted octanol–water partition coefficient (Wildman–Crippen LogP) is 5.38. The van der Waals surface area contributed by atoms with Crippen LogP contribution in [0.15, 0.2) is 12.7 Å². The lowest BCUT2D eigenvalue weighted by atomic mass is 9.84. The number of hydrogen-bond acceptors (Lipinski definition) is 2. The Bertz CT molecular complexity index is 254. The summed E-state index contributed by atoms with van der Waals surface area (Å²) >= 11 is 0. The Morgan fingerprint density at radius 1 is 1.25 bits per heavy atom. The van der Waals surface area contributed by atoms with Gasteiger partial charge in [0.15, 0.2) is 5.78 Å². The van der Waals surface area contributed by atoms with Crippen molar-refractivity contribution >= 4 is 5.78 Å². The Labute approximate surface area is 128 Å². The molecule has 0 aromatic rings. The average molecular weight is 286 g/mol. The number of carbonyl (C=O) groups is 1. The number of rotatable bonds is 10. The van der Waals surface area contributed by atoms with E-state index in [4.69, 9.17) is 0 Å². The summed E-state index contributed by atoms with van der Waals surface area (Å²) < 4.78 is 0. The van der Waals surface area contributed by atoms with Gasteiger partial charge in [-0.25, -0.2) is 0 Å². The molecule has 0 spiro atoms. The highest BCUT2D eigenvalue weighted by atomic mass is 16.1. The average Bonchev–Trinajstić information content (AvgIpc) is 2.42. The lowest BCUT2D eigenvalue weighted by Gasteiger charge is -2.29. The first-order valence-electron chi connectivity index (χ1n) is 8.23. The highest BCUT2D eigenvalue weighted by Gasteiger charge is 2.31. The zero-order valence-electron chi connectivity index (χ0n) is 14.7. The topological polar surface area (TPSA) is 29.1 Å². The van der Waals surface area contributed by atoms with E-state index >= 15 is 0 Å². The fourth-order valence-corrected chi connectivity index (χ4v) is 2.13. The lowest BCUT2D eigenvalue weighted by Crippen LogP contribution is -2.49. The molecule has 0 fully saturated rings. The molecule has 2 nitrogen and oxygen atoms in total. The van der Waals surface area contributed by atoms with Crippen molar-refractivity contribution in [3.63, 3.8) is 0 Å². The molecule has 0 saturated heterocycles. The van der Waals surface area contributed by atoms with Crippen LogP contribution in [0.3, 0.4) is 0 Å². The summed E-state index contributed by atoms with van der Waals surface area (Å²) in [7, 11) is 1.89. The number of hydrogen-bond donors (Lipinski definition) is 1. The third-order valence-corrected chi connectivity index (χ3v) is 3.46. The second-order valence-electron chi connectivity index (χ2n) is 6.05. The first kappa shape index (κ1) is 21.7. The highest BCUT2D eigenvalue weighted by Crippen LogP contribution is 2.20. The molecule has 0 aliphatic rings. The standard InChI is InChI=1S/C15H29NO.C3H8.H2/c1-6-7-8-9-10-11-12-15(4,16-5)14(17)13(2)3;1-3-2;/h6,13,16H,1,7-12H2,2-5H3;3H2,1-2H3;1H/t15-;;/m0../s1. The van der Waals surface area contributed by atoms with Gasteiger partial charge in [-0.15, -0.1) is 6.58 Å². The minimum atomic E-state index is -0.341. The molecule has 0 aromatic carbocycles. The molecule has 0 radical (unpaired) electrons. The van der Waals surface area contributed by atoms with Gasteiger partial charge in [-0.05, 0) is 33.2 Å². The van der Waals surface area contributed by atoms with Crippen molar-refractivity contribution < 1.29 is 6.22 Å². The molecule has 20 heavy (non-hydrogen) atoms. The molecule has 122 valence electrons. The molecule has 0 aromatic heterocycles. The molecule has 0 unspecified atom stereocenters. The molecule has 0 aliphatic carbocycles. The molecular weight excluding hydrogens is 246 g/mol. The van der Waals surface area contributed by atoms with Crippen LogP contribution in [0.1, 0.15) is 81.0 Å². The van der Waals surface area contributed by atoms with Crippen LogP contribution in [-0.2, 0) is 4.79 Å². The molecule has 1 N–H and O–H groups in total. The maximum absolute atomic E-state index is 12.1. The molecule has 0 rings (SSSR count). The molecule has 0 amide bonds. The Morgan fingerprint density at radius 2 is 1.75 bits per heavy atom. The van der Waals surface area contributed by atoms with Gasteiger partial charge in [0.1, 0.15) is 0 Å². The summed E-state index contributed by atoms with van der Waals surface area (Å²) in [6.07, 6.45) is 10.0. The van der Waals surface area contributed by atoms with Crippen LogP contribution in [0.4, 0.5) is 0 Å². The van der Waals surface area contributed by atoms with E-state index in [1.165, 1.54) is 25.7 Å². The van der Waals surface area contributed by atoms with Crippen LogP contribution in [0, 0.1) is 5.92 Å². The molecule has 0 bridgehead atoms. The third-order valence-electron chi connectivity index (χ3n) is 3.46. The Morgan fingerprint density at radius 3 is 2.15 bits per heavy atom. The van der Waals surface area contributed by atoms with Crippen molar-refractivity contribution in [3.8, 4) is 0 Å². The van der Waals surface area contributed by atoms with E-state index in [-0.39, 0.29) is 12.9 Å². The summed E-state index contributed by atoms with van der Waals surface area (Å²) in [5.74, 6) is 0.430. The van der Waals surface area contributed by atoms with Gasteiger partial charge >= 0.3 is 0 Å². The van der Waals surface area contributed by atoms with Crippen LogP contribution >= 0.6 is 0 Å². The summed E-state index contributed by atoms with van der Waals surface area (Å²) in [4.78, 5) is 12.1. The SMILES string of the molecule is C=CCCCCCC[C@](C)(NC)C(=O)C(C)C.CCC.[HH]. The van der Waals surface area contributed by atoms with E-state index < -0.39 is 0 Å². The summed E-state index contributed by atoms with van der Waals surface area (Å²) in [6.45, 7) is 13.9. The fourth-order valence-electron chi connectivity index (χ4n) is 2.13. The second-order valence-corrected chi connectivity index (χ2v) is 6.05. The van der Waals surface area contributed by atoms with E-state index in [2.05, 4.69) is 25.7 Å². The minimum absolute atomic E-state index is 0. The van der Waals surface area contributed by atoms with Gasteiger partial charge in [-0.3, -0.25) is 4.79 Å². The van der Waals surface area contributed by atoms with Crippen LogP contribution in [0.5, 0.6) is 0 Å². The lowest BCUT2D eigenvalue weighted by molar-refractivity contribution is -0.128. The zero-order chi connectivity index (χ0) is 16.0. The predicted molar refractivity (Wildman–Crippen MR) is 93.3 cm³/mol. The third kappa shape index (κ3) is 10.2.